The molecule has 5 rings (SSSR count). The van der Waals surface area contributed by atoms with E-state index < -0.39 is 0 Å². The Balaban J connectivity index is 1.82. The summed E-state index contributed by atoms with van der Waals surface area (Å²) < 4.78 is 13.7. The minimum absolute atomic E-state index is 0.252. The second-order valence-electron chi connectivity index (χ2n) is 8.99. The number of aliphatic imine (C=N–C) groups is 2. The van der Waals surface area contributed by atoms with Gasteiger partial charge >= 0.3 is 0 Å². The SMILES string of the molecule is Cc1ccc(N=C2C(c3ccc(F)cc3)=C3C(=Nc4ccccc43)N2C(C)(C)C)cc1. The van der Waals surface area contributed by atoms with Crippen molar-refractivity contribution in [2.45, 2.75) is 33.2 Å². The molecular formula is C27H24FN3. The normalized spacial score (nSPS) is 16.6. The van der Waals surface area contributed by atoms with Crippen LogP contribution in [-0.4, -0.2) is 22.1 Å². The summed E-state index contributed by atoms with van der Waals surface area (Å²) in [6, 6.07) is 23.0. The maximum absolute atomic E-state index is 13.7. The van der Waals surface area contributed by atoms with Gasteiger partial charge in [0.05, 0.1) is 11.4 Å². The molecule has 0 spiro atoms. The Labute approximate surface area is 182 Å². The molecule has 2 heterocycles. The van der Waals surface area contributed by atoms with Crippen molar-refractivity contribution in [2.75, 3.05) is 0 Å². The van der Waals surface area contributed by atoms with Crippen LogP contribution in [0, 0.1) is 12.7 Å². The maximum Gasteiger partial charge on any atom is 0.144 e. The molecule has 0 N–H and O–H groups in total. The van der Waals surface area contributed by atoms with Crippen molar-refractivity contribution >= 4 is 34.2 Å². The zero-order valence-electron chi connectivity index (χ0n) is 18.1. The third-order valence-electron chi connectivity index (χ3n) is 5.59. The number of aryl methyl sites for hydroxylation is 1. The molecule has 0 saturated carbocycles. The third-order valence-corrected chi connectivity index (χ3v) is 5.59. The molecule has 0 aliphatic carbocycles. The van der Waals surface area contributed by atoms with Gasteiger partial charge in [0.15, 0.2) is 0 Å². The minimum Gasteiger partial charge on any atom is -0.305 e. The van der Waals surface area contributed by atoms with Gasteiger partial charge < -0.3 is 4.90 Å². The number of amidine groups is 2. The number of rotatable bonds is 2. The zero-order valence-corrected chi connectivity index (χ0v) is 18.1. The molecule has 3 aromatic carbocycles. The molecular weight excluding hydrogens is 385 g/mol. The van der Waals surface area contributed by atoms with Gasteiger partial charge in [0.25, 0.3) is 0 Å². The van der Waals surface area contributed by atoms with Gasteiger partial charge in [-0.25, -0.2) is 14.4 Å². The summed E-state index contributed by atoms with van der Waals surface area (Å²) in [7, 11) is 0. The lowest BCUT2D eigenvalue weighted by Gasteiger charge is -2.34. The molecule has 0 fully saturated rings. The fourth-order valence-corrected chi connectivity index (χ4v) is 4.18. The molecule has 0 bridgehead atoms. The first-order valence-electron chi connectivity index (χ1n) is 10.5. The number of para-hydroxylation sites is 1. The molecule has 0 unspecified atom stereocenters. The van der Waals surface area contributed by atoms with Gasteiger partial charge in [-0.15, -0.1) is 0 Å². The predicted octanol–water partition coefficient (Wildman–Crippen LogP) is 6.93. The van der Waals surface area contributed by atoms with Crippen LogP contribution in [0.1, 0.15) is 37.5 Å². The van der Waals surface area contributed by atoms with Crippen LogP contribution in [0.2, 0.25) is 0 Å². The van der Waals surface area contributed by atoms with E-state index in [-0.39, 0.29) is 11.4 Å². The van der Waals surface area contributed by atoms with E-state index in [2.05, 4.69) is 50.8 Å². The van der Waals surface area contributed by atoms with Crippen LogP contribution < -0.4 is 0 Å². The first kappa shape index (κ1) is 19.4. The van der Waals surface area contributed by atoms with Gasteiger partial charge in [-0.1, -0.05) is 48.0 Å². The highest BCUT2D eigenvalue weighted by atomic mass is 19.1. The Hall–Kier alpha value is -3.53. The minimum atomic E-state index is -0.253. The molecule has 2 aliphatic heterocycles. The van der Waals surface area contributed by atoms with E-state index >= 15 is 0 Å². The second kappa shape index (κ2) is 7.02. The van der Waals surface area contributed by atoms with Crippen molar-refractivity contribution in [1.82, 2.24) is 4.90 Å². The molecule has 0 radical (unpaired) electrons. The highest BCUT2D eigenvalue weighted by Crippen LogP contribution is 2.47. The fraction of sp³-hybridized carbons (Fsp3) is 0.185. The summed E-state index contributed by atoms with van der Waals surface area (Å²) in [4.78, 5) is 12.3. The predicted molar refractivity (Wildman–Crippen MR) is 127 cm³/mol. The smallest absolute Gasteiger partial charge is 0.144 e. The molecule has 4 heteroatoms. The van der Waals surface area contributed by atoms with Gasteiger partial charge in [-0.2, -0.15) is 0 Å². The Morgan fingerprint density at radius 3 is 2.19 bits per heavy atom. The maximum atomic E-state index is 13.7. The summed E-state index contributed by atoms with van der Waals surface area (Å²) in [5.41, 5.74) is 6.83. The van der Waals surface area contributed by atoms with Crippen LogP contribution in [0.25, 0.3) is 11.1 Å². The molecule has 154 valence electrons. The van der Waals surface area contributed by atoms with Gasteiger partial charge in [0, 0.05) is 22.2 Å². The Kier molecular flexibility index (Phi) is 4.40. The third kappa shape index (κ3) is 3.28. The molecule has 0 saturated heterocycles. The molecule has 31 heavy (non-hydrogen) atoms. The molecule has 2 aliphatic rings. The summed E-state index contributed by atoms with van der Waals surface area (Å²) in [5.74, 6) is 1.49. The van der Waals surface area contributed by atoms with Crippen molar-refractivity contribution in [3.63, 3.8) is 0 Å². The van der Waals surface area contributed by atoms with Gasteiger partial charge in [-0.3, -0.25) is 0 Å². The molecule has 0 amide bonds. The summed E-state index contributed by atoms with van der Waals surface area (Å²) >= 11 is 0. The Morgan fingerprint density at radius 1 is 0.839 bits per heavy atom. The van der Waals surface area contributed by atoms with E-state index in [0.29, 0.717) is 0 Å². The van der Waals surface area contributed by atoms with Crippen molar-refractivity contribution in [2.24, 2.45) is 9.98 Å². The second-order valence-corrected chi connectivity index (χ2v) is 8.99. The Morgan fingerprint density at radius 2 is 1.52 bits per heavy atom. The number of fused-ring (bicyclic) bond motifs is 3. The first-order valence-corrected chi connectivity index (χ1v) is 10.5. The topological polar surface area (TPSA) is 28.0 Å². The summed E-state index contributed by atoms with van der Waals surface area (Å²) in [5, 5.41) is 0. The zero-order chi connectivity index (χ0) is 21.8. The summed E-state index contributed by atoms with van der Waals surface area (Å²) in [6.45, 7) is 8.55. The van der Waals surface area contributed by atoms with Crippen LogP contribution in [0.3, 0.4) is 0 Å². The van der Waals surface area contributed by atoms with Gasteiger partial charge in [-0.05, 0) is 63.6 Å². The first-order chi connectivity index (χ1) is 14.8. The number of hydrogen-bond donors (Lipinski definition) is 0. The van der Waals surface area contributed by atoms with Crippen LogP contribution in [-0.2, 0) is 0 Å². The van der Waals surface area contributed by atoms with Crippen molar-refractivity contribution in [3.8, 4) is 0 Å². The lowest BCUT2D eigenvalue weighted by atomic mass is 9.96. The monoisotopic (exact) mass is 409 g/mol. The highest BCUT2D eigenvalue weighted by molar-refractivity contribution is 6.53. The van der Waals surface area contributed by atoms with E-state index in [1.165, 1.54) is 17.7 Å². The molecule has 3 aromatic rings. The fourth-order valence-electron chi connectivity index (χ4n) is 4.18. The largest absolute Gasteiger partial charge is 0.305 e. The highest BCUT2D eigenvalue weighted by Gasteiger charge is 2.44. The average molecular weight is 410 g/mol. The number of benzene rings is 3. The van der Waals surface area contributed by atoms with Gasteiger partial charge in [0.1, 0.15) is 17.5 Å². The van der Waals surface area contributed by atoms with Crippen LogP contribution in [0.5, 0.6) is 0 Å². The number of nitrogens with zero attached hydrogens (tertiary/aromatic N) is 3. The average Bonchev–Trinajstić information content (AvgIpc) is 3.24. The molecule has 0 atom stereocenters. The van der Waals surface area contributed by atoms with Crippen LogP contribution in [0.4, 0.5) is 15.8 Å². The molecule has 0 aromatic heterocycles. The Bertz CT molecular complexity index is 1260. The van der Waals surface area contributed by atoms with Crippen molar-refractivity contribution in [3.05, 3.63) is 95.3 Å². The van der Waals surface area contributed by atoms with E-state index in [0.717, 1.165) is 45.3 Å². The van der Waals surface area contributed by atoms with Crippen molar-refractivity contribution < 1.29 is 4.39 Å². The van der Waals surface area contributed by atoms with E-state index in [1.54, 1.807) is 0 Å². The lowest BCUT2D eigenvalue weighted by molar-refractivity contribution is 0.350. The molecule has 3 nitrogen and oxygen atoms in total. The summed E-state index contributed by atoms with van der Waals surface area (Å²) in [6.07, 6.45) is 0. The van der Waals surface area contributed by atoms with Crippen LogP contribution in [0.15, 0.2) is 82.8 Å². The number of hydrogen-bond acceptors (Lipinski definition) is 2. The quantitative estimate of drug-likeness (QED) is 0.451. The van der Waals surface area contributed by atoms with Crippen molar-refractivity contribution in [1.29, 1.82) is 0 Å². The van der Waals surface area contributed by atoms with E-state index in [9.17, 15) is 4.39 Å². The lowest BCUT2D eigenvalue weighted by Crippen LogP contribution is -2.46. The number of halogens is 1. The van der Waals surface area contributed by atoms with E-state index in [4.69, 9.17) is 9.98 Å². The van der Waals surface area contributed by atoms with E-state index in [1.807, 2.05) is 42.5 Å². The van der Waals surface area contributed by atoms with Gasteiger partial charge in [0.2, 0.25) is 0 Å². The van der Waals surface area contributed by atoms with Crippen LogP contribution >= 0.6 is 0 Å². The standard InChI is InChI=1S/C27H24FN3/c1-17-9-15-20(16-10-17)29-25-23(18-11-13-19(28)14-12-18)24-21-7-5-6-8-22(21)30-26(24)31(25)27(2,3)4/h5-16H,1-4H3.